The SMILES string of the molecule is COC(C)(C)CNC(C)CCn1cncn1. The minimum absolute atomic E-state index is 0.110. The Hall–Kier alpha value is -0.940. The first-order valence-electron chi connectivity index (χ1n) is 5.64. The van der Waals surface area contributed by atoms with Gasteiger partial charge in [-0.25, -0.2) is 4.98 Å². The van der Waals surface area contributed by atoms with Crippen molar-refractivity contribution in [2.45, 2.75) is 45.4 Å². The van der Waals surface area contributed by atoms with E-state index in [0.29, 0.717) is 6.04 Å². The van der Waals surface area contributed by atoms with Gasteiger partial charge in [0, 0.05) is 26.2 Å². The molecule has 5 heteroatoms. The molecule has 1 unspecified atom stereocenters. The standard InChI is InChI=1S/C11H22N4O/c1-10(13-7-11(2,3)16-4)5-6-15-9-12-8-14-15/h8-10,13H,5-7H2,1-4H3. The van der Waals surface area contributed by atoms with Crippen molar-refractivity contribution in [3.63, 3.8) is 0 Å². The fourth-order valence-electron chi connectivity index (χ4n) is 1.27. The first kappa shape index (κ1) is 13.1. The highest BCUT2D eigenvalue weighted by molar-refractivity contribution is 4.73. The van der Waals surface area contributed by atoms with E-state index in [1.807, 2.05) is 4.68 Å². The van der Waals surface area contributed by atoms with Gasteiger partial charge in [0.2, 0.25) is 0 Å². The predicted molar refractivity (Wildman–Crippen MR) is 63.2 cm³/mol. The molecule has 1 aromatic rings. The van der Waals surface area contributed by atoms with Crippen LogP contribution in [0.1, 0.15) is 27.2 Å². The summed E-state index contributed by atoms with van der Waals surface area (Å²) in [7, 11) is 1.74. The van der Waals surface area contributed by atoms with Gasteiger partial charge in [0.1, 0.15) is 12.7 Å². The average Bonchev–Trinajstić information content (AvgIpc) is 2.76. The van der Waals surface area contributed by atoms with Crippen LogP contribution in [-0.2, 0) is 11.3 Å². The second-order valence-electron chi connectivity index (χ2n) is 4.69. The molecule has 0 saturated heterocycles. The van der Waals surface area contributed by atoms with E-state index >= 15 is 0 Å². The monoisotopic (exact) mass is 226 g/mol. The molecule has 1 heterocycles. The van der Waals surface area contributed by atoms with Gasteiger partial charge in [-0.3, -0.25) is 4.68 Å². The number of hydrogen-bond acceptors (Lipinski definition) is 4. The molecule has 1 aromatic heterocycles. The topological polar surface area (TPSA) is 52.0 Å². The van der Waals surface area contributed by atoms with Gasteiger partial charge in [0.25, 0.3) is 0 Å². The summed E-state index contributed by atoms with van der Waals surface area (Å²) in [4.78, 5) is 3.91. The molecule has 1 rings (SSSR count). The second kappa shape index (κ2) is 5.96. The summed E-state index contributed by atoms with van der Waals surface area (Å²) in [6.45, 7) is 8.06. The van der Waals surface area contributed by atoms with Crippen LogP contribution in [0.2, 0.25) is 0 Å². The molecule has 0 aliphatic rings. The Kier molecular flexibility index (Phi) is 4.89. The number of hydrogen-bond donors (Lipinski definition) is 1. The van der Waals surface area contributed by atoms with E-state index < -0.39 is 0 Å². The van der Waals surface area contributed by atoms with Crippen LogP contribution in [0.25, 0.3) is 0 Å². The maximum absolute atomic E-state index is 5.35. The van der Waals surface area contributed by atoms with Gasteiger partial charge < -0.3 is 10.1 Å². The van der Waals surface area contributed by atoms with E-state index in [1.165, 1.54) is 0 Å². The summed E-state index contributed by atoms with van der Waals surface area (Å²) >= 11 is 0. The highest BCUT2D eigenvalue weighted by Crippen LogP contribution is 2.06. The van der Waals surface area contributed by atoms with Crippen LogP contribution in [0.3, 0.4) is 0 Å². The van der Waals surface area contributed by atoms with Crippen molar-refractivity contribution in [1.29, 1.82) is 0 Å². The molecule has 0 fully saturated rings. The Labute approximate surface area is 97.2 Å². The lowest BCUT2D eigenvalue weighted by atomic mass is 10.1. The Morgan fingerprint density at radius 1 is 1.50 bits per heavy atom. The average molecular weight is 226 g/mol. The van der Waals surface area contributed by atoms with Gasteiger partial charge in [0.15, 0.2) is 0 Å². The van der Waals surface area contributed by atoms with Gasteiger partial charge in [-0.05, 0) is 27.2 Å². The summed E-state index contributed by atoms with van der Waals surface area (Å²) < 4.78 is 7.20. The molecule has 0 spiro atoms. The van der Waals surface area contributed by atoms with Crippen LogP contribution < -0.4 is 5.32 Å². The predicted octanol–water partition coefficient (Wildman–Crippen LogP) is 1.07. The summed E-state index contributed by atoms with van der Waals surface area (Å²) in [6, 6.07) is 0.443. The summed E-state index contributed by atoms with van der Waals surface area (Å²) in [6.07, 6.45) is 4.33. The van der Waals surface area contributed by atoms with E-state index in [4.69, 9.17) is 4.74 Å². The molecule has 0 amide bonds. The Morgan fingerprint density at radius 3 is 2.81 bits per heavy atom. The molecule has 1 N–H and O–H groups in total. The molecule has 0 aromatic carbocycles. The van der Waals surface area contributed by atoms with Crippen LogP contribution in [0, 0.1) is 0 Å². The number of nitrogens with zero attached hydrogens (tertiary/aromatic N) is 3. The van der Waals surface area contributed by atoms with Crippen LogP contribution >= 0.6 is 0 Å². The number of nitrogens with one attached hydrogen (secondary N) is 1. The molecule has 5 nitrogen and oxygen atoms in total. The van der Waals surface area contributed by atoms with E-state index in [2.05, 4.69) is 36.2 Å². The molecule has 0 aliphatic heterocycles. The fourth-order valence-corrected chi connectivity index (χ4v) is 1.27. The zero-order valence-electron chi connectivity index (χ0n) is 10.6. The first-order valence-corrected chi connectivity index (χ1v) is 5.64. The summed E-state index contributed by atoms with van der Waals surface area (Å²) in [5, 5.41) is 7.52. The molecule has 0 saturated carbocycles. The number of ether oxygens (including phenoxy) is 1. The van der Waals surface area contributed by atoms with E-state index in [-0.39, 0.29) is 5.60 Å². The highest BCUT2D eigenvalue weighted by atomic mass is 16.5. The van der Waals surface area contributed by atoms with E-state index in [1.54, 1.807) is 19.8 Å². The normalized spacial score (nSPS) is 14.0. The molecule has 0 bridgehead atoms. The van der Waals surface area contributed by atoms with Crippen LogP contribution in [-0.4, -0.2) is 40.1 Å². The maximum Gasteiger partial charge on any atom is 0.137 e. The minimum Gasteiger partial charge on any atom is -0.377 e. The zero-order valence-corrected chi connectivity index (χ0v) is 10.6. The first-order chi connectivity index (χ1) is 7.53. The number of methoxy groups -OCH3 is 1. The molecule has 1 atom stereocenters. The number of aromatic nitrogens is 3. The molecule has 0 radical (unpaired) electrons. The van der Waals surface area contributed by atoms with Gasteiger partial charge >= 0.3 is 0 Å². The van der Waals surface area contributed by atoms with Gasteiger partial charge in [0.05, 0.1) is 5.60 Å². The van der Waals surface area contributed by atoms with Crippen molar-refractivity contribution >= 4 is 0 Å². The molecular formula is C11H22N4O. The Morgan fingerprint density at radius 2 is 2.25 bits per heavy atom. The summed E-state index contributed by atoms with van der Waals surface area (Å²) in [5.74, 6) is 0. The van der Waals surface area contributed by atoms with Crippen molar-refractivity contribution < 1.29 is 4.74 Å². The maximum atomic E-state index is 5.35. The smallest absolute Gasteiger partial charge is 0.137 e. The second-order valence-corrected chi connectivity index (χ2v) is 4.69. The number of aryl methyl sites for hydroxylation is 1. The largest absolute Gasteiger partial charge is 0.377 e. The molecule has 0 aliphatic carbocycles. The zero-order chi connectivity index (χ0) is 12.0. The third-order valence-electron chi connectivity index (χ3n) is 2.69. The third-order valence-corrected chi connectivity index (χ3v) is 2.69. The lowest BCUT2D eigenvalue weighted by Crippen LogP contribution is -2.41. The van der Waals surface area contributed by atoms with E-state index in [9.17, 15) is 0 Å². The van der Waals surface area contributed by atoms with Gasteiger partial charge in [-0.15, -0.1) is 0 Å². The fraction of sp³-hybridized carbons (Fsp3) is 0.818. The van der Waals surface area contributed by atoms with Crippen LogP contribution in [0.5, 0.6) is 0 Å². The lowest BCUT2D eigenvalue weighted by molar-refractivity contribution is 0.0211. The quantitative estimate of drug-likeness (QED) is 0.755. The van der Waals surface area contributed by atoms with Crippen molar-refractivity contribution in [2.75, 3.05) is 13.7 Å². The van der Waals surface area contributed by atoms with Crippen LogP contribution in [0.15, 0.2) is 12.7 Å². The van der Waals surface area contributed by atoms with Crippen molar-refractivity contribution in [3.8, 4) is 0 Å². The Bertz CT molecular complexity index is 284. The minimum atomic E-state index is -0.110. The number of rotatable bonds is 7. The lowest BCUT2D eigenvalue weighted by Gasteiger charge is -2.25. The third kappa shape index (κ3) is 4.72. The van der Waals surface area contributed by atoms with Crippen molar-refractivity contribution in [1.82, 2.24) is 20.1 Å². The summed E-state index contributed by atoms with van der Waals surface area (Å²) in [5.41, 5.74) is -0.110. The molecule has 92 valence electrons. The van der Waals surface area contributed by atoms with Crippen LogP contribution in [0.4, 0.5) is 0 Å². The Balaban J connectivity index is 2.18. The molecule has 16 heavy (non-hydrogen) atoms. The highest BCUT2D eigenvalue weighted by Gasteiger charge is 2.16. The van der Waals surface area contributed by atoms with Crippen molar-refractivity contribution in [3.05, 3.63) is 12.7 Å². The van der Waals surface area contributed by atoms with E-state index in [0.717, 1.165) is 19.5 Å². The van der Waals surface area contributed by atoms with Gasteiger partial charge in [-0.1, -0.05) is 0 Å². The van der Waals surface area contributed by atoms with Gasteiger partial charge in [-0.2, -0.15) is 5.10 Å². The van der Waals surface area contributed by atoms with Crippen molar-refractivity contribution in [2.24, 2.45) is 0 Å². The molecular weight excluding hydrogens is 204 g/mol.